The van der Waals surface area contributed by atoms with E-state index in [1.165, 1.54) is 51.4 Å². The van der Waals surface area contributed by atoms with Crippen molar-refractivity contribution in [1.82, 2.24) is 0 Å². The molecule has 0 aromatic carbocycles. The number of rotatable bonds is 8. The van der Waals surface area contributed by atoms with Gasteiger partial charge in [0.2, 0.25) is 0 Å². The van der Waals surface area contributed by atoms with Crippen LogP contribution >= 0.6 is 0 Å². The van der Waals surface area contributed by atoms with Gasteiger partial charge < -0.3 is 0 Å². The standard InChI is InChI=1S/C12H26.H2O2/c1-4-5-6-7-8-9-10-11-12(2)3;1-2/h12H,4-11H2,1-3H3;1-2H. The first-order valence-corrected chi connectivity index (χ1v) is 5.97. The normalized spacial score (nSPS) is 9.86. The molecule has 88 valence electrons. The van der Waals surface area contributed by atoms with Crippen molar-refractivity contribution in [3.63, 3.8) is 0 Å². The summed E-state index contributed by atoms with van der Waals surface area (Å²) in [6.07, 6.45) is 11.5. The summed E-state index contributed by atoms with van der Waals surface area (Å²) in [5.41, 5.74) is 0. The molecule has 0 amide bonds. The van der Waals surface area contributed by atoms with Crippen molar-refractivity contribution in [2.24, 2.45) is 5.92 Å². The van der Waals surface area contributed by atoms with Gasteiger partial charge in [-0.05, 0) is 5.92 Å². The summed E-state index contributed by atoms with van der Waals surface area (Å²) in [5.74, 6) is 0.903. The molecule has 0 aromatic rings. The first-order chi connectivity index (χ1) is 6.77. The maximum absolute atomic E-state index is 6.00. The summed E-state index contributed by atoms with van der Waals surface area (Å²) in [4.78, 5) is 0. The largest absolute Gasteiger partial charge is 0.255 e. The molecule has 0 heterocycles. The van der Waals surface area contributed by atoms with E-state index in [1.807, 2.05) is 0 Å². The average molecular weight is 204 g/mol. The maximum atomic E-state index is 6.00. The molecule has 0 unspecified atom stereocenters. The highest BCUT2D eigenvalue weighted by Gasteiger charge is 1.93. The predicted molar refractivity (Wildman–Crippen MR) is 62.7 cm³/mol. The van der Waals surface area contributed by atoms with Gasteiger partial charge in [-0.25, -0.2) is 0 Å². The summed E-state index contributed by atoms with van der Waals surface area (Å²) >= 11 is 0. The number of hydrogen-bond donors (Lipinski definition) is 2. The second kappa shape index (κ2) is 15.4. The predicted octanol–water partition coefficient (Wildman–Crippen LogP) is 4.80. The molecule has 0 radical (unpaired) electrons. The molecule has 0 aliphatic rings. The smallest absolute Gasteiger partial charge is 0.0471 e. The second-order valence-corrected chi connectivity index (χ2v) is 4.30. The zero-order valence-electron chi connectivity index (χ0n) is 10.1. The Hall–Kier alpha value is -0.0800. The fourth-order valence-electron chi connectivity index (χ4n) is 1.51. The molecule has 0 spiro atoms. The lowest BCUT2D eigenvalue weighted by atomic mass is 10.0. The molecule has 0 aliphatic carbocycles. The fraction of sp³-hybridized carbons (Fsp3) is 1.00. The van der Waals surface area contributed by atoms with Gasteiger partial charge in [0.25, 0.3) is 0 Å². The van der Waals surface area contributed by atoms with Crippen LogP contribution in [0.5, 0.6) is 0 Å². The van der Waals surface area contributed by atoms with Gasteiger partial charge in [0.15, 0.2) is 0 Å². The van der Waals surface area contributed by atoms with E-state index in [-0.39, 0.29) is 0 Å². The zero-order valence-corrected chi connectivity index (χ0v) is 10.1. The zero-order chi connectivity index (χ0) is 11.2. The van der Waals surface area contributed by atoms with Crippen molar-refractivity contribution in [3.8, 4) is 0 Å². The summed E-state index contributed by atoms with van der Waals surface area (Å²) in [7, 11) is 0. The Bertz CT molecular complexity index is 82.4. The molecule has 0 aromatic heterocycles. The monoisotopic (exact) mass is 204 g/mol. The van der Waals surface area contributed by atoms with E-state index in [0.29, 0.717) is 0 Å². The highest BCUT2D eigenvalue weighted by atomic mass is 17.0. The Balaban J connectivity index is 0. The quantitative estimate of drug-likeness (QED) is 0.339. The molecule has 0 rings (SSSR count). The van der Waals surface area contributed by atoms with Crippen LogP contribution in [-0.4, -0.2) is 10.5 Å². The lowest BCUT2D eigenvalue weighted by molar-refractivity contribution is -0.176. The van der Waals surface area contributed by atoms with E-state index in [2.05, 4.69) is 20.8 Å². The molecule has 0 saturated carbocycles. The van der Waals surface area contributed by atoms with Crippen molar-refractivity contribution >= 4 is 0 Å². The Morgan fingerprint density at radius 2 is 1.21 bits per heavy atom. The third-order valence-corrected chi connectivity index (χ3v) is 2.39. The lowest BCUT2D eigenvalue weighted by Gasteiger charge is -2.03. The van der Waals surface area contributed by atoms with Gasteiger partial charge in [0.05, 0.1) is 0 Å². The molecular weight excluding hydrogens is 176 g/mol. The Labute approximate surface area is 89.3 Å². The van der Waals surface area contributed by atoms with Gasteiger partial charge in [-0.3, -0.25) is 10.5 Å². The van der Waals surface area contributed by atoms with Crippen LogP contribution in [-0.2, 0) is 0 Å². The highest BCUT2D eigenvalue weighted by Crippen LogP contribution is 2.11. The van der Waals surface area contributed by atoms with Crippen LogP contribution in [0.2, 0.25) is 0 Å². The lowest BCUT2D eigenvalue weighted by Crippen LogP contribution is -1.87. The molecule has 2 heteroatoms. The fourth-order valence-corrected chi connectivity index (χ4v) is 1.51. The van der Waals surface area contributed by atoms with Crippen LogP contribution in [0.4, 0.5) is 0 Å². The summed E-state index contributed by atoms with van der Waals surface area (Å²) in [6.45, 7) is 6.91. The summed E-state index contributed by atoms with van der Waals surface area (Å²) in [6, 6.07) is 0. The molecule has 0 fully saturated rings. The van der Waals surface area contributed by atoms with Crippen LogP contribution in [0.15, 0.2) is 0 Å². The minimum absolute atomic E-state index is 0.903. The van der Waals surface area contributed by atoms with Gasteiger partial charge in [0.1, 0.15) is 0 Å². The van der Waals surface area contributed by atoms with Crippen molar-refractivity contribution < 1.29 is 10.5 Å². The van der Waals surface area contributed by atoms with E-state index in [9.17, 15) is 0 Å². The maximum Gasteiger partial charge on any atom is -0.0471 e. The van der Waals surface area contributed by atoms with Crippen molar-refractivity contribution in [1.29, 1.82) is 0 Å². The summed E-state index contributed by atoms with van der Waals surface area (Å²) < 4.78 is 0. The number of hydrogen-bond acceptors (Lipinski definition) is 2. The van der Waals surface area contributed by atoms with E-state index in [0.717, 1.165) is 5.92 Å². The van der Waals surface area contributed by atoms with E-state index < -0.39 is 0 Å². The molecule has 0 atom stereocenters. The second-order valence-electron chi connectivity index (χ2n) is 4.30. The van der Waals surface area contributed by atoms with E-state index in [4.69, 9.17) is 10.5 Å². The van der Waals surface area contributed by atoms with Gasteiger partial charge in [-0.2, -0.15) is 0 Å². The van der Waals surface area contributed by atoms with E-state index >= 15 is 0 Å². The molecule has 0 bridgehead atoms. The van der Waals surface area contributed by atoms with Crippen LogP contribution in [0.1, 0.15) is 72.1 Å². The van der Waals surface area contributed by atoms with Crippen molar-refractivity contribution in [2.75, 3.05) is 0 Å². The van der Waals surface area contributed by atoms with Crippen molar-refractivity contribution in [3.05, 3.63) is 0 Å². The minimum Gasteiger partial charge on any atom is -0.255 e. The van der Waals surface area contributed by atoms with Crippen LogP contribution in [0.25, 0.3) is 0 Å². The average Bonchev–Trinajstić information content (AvgIpc) is 2.19. The van der Waals surface area contributed by atoms with Crippen molar-refractivity contribution in [2.45, 2.75) is 72.1 Å². The third-order valence-electron chi connectivity index (χ3n) is 2.39. The van der Waals surface area contributed by atoms with E-state index in [1.54, 1.807) is 0 Å². The Morgan fingerprint density at radius 1 is 0.786 bits per heavy atom. The van der Waals surface area contributed by atoms with Gasteiger partial charge >= 0.3 is 0 Å². The molecule has 0 aliphatic heterocycles. The first-order valence-electron chi connectivity index (χ1n) is 5.97. The SMILES string of the molecule is CCCCCCCCCC(C)C.OO. The van der Waals surface area contributed by atoms with Gasteiger partial charge in [0, 0.05) is 0 Å². The molecular formula is C12H28O2. The van der Waals surface area contributed by atoms with Gasteiger partial charge in [-0.15, -0.1) is 0 Å². The Morgan fingerprint density at radius 3 is 1.64 bits per heavy atom. The number of unbranched alkanes of at least 4 members (excludes halogenated alkanes) is 6. The summed E-state index contributed by atoms with van der Waals surface area (Å²) in [5, 5.41) is 12.0. The van der Waals surface area contributed by atoms with Crippen LogP contribution in [0, 0.1) is 5.92 Å². The molecule has 0 saturated heterocycles. The van der Waals surface area contributed by atoms with Gasteiger partial charge in [-0.1, -0.05) is 72.1 Å². The van der Waals surface area contributed by atoms with Crippen LogP contribution < -0.4 is 0 Å². The third kappa shape index (κ3) is 17.9. The first kappa shape index (κ1) is 16.4. The minimum atomic E-state index is 0.903. The molecule has 2 nitrogen and oxygen atoms in total. The molecule has 14 heavy (non-hydrogen) atoms. The van der Waals surface area contributed by atoms with Crippen LogP contribution in [0.3, 0.4) is 0 Å². The topological polar surface area (TPSA) is 40.5 Å². The molecule has 2 N–H and O–H groups in total. The highest BCUT2D eigenvalue weighted by molar-refractivity contribution is 4.48. The Kier molecular flexibility index (Phi) is 18.0.